The Balaban J connectivity index is 3.61. The first kappa shape index (κ1) is 72.5. The van der Waals surface area contributed by atoms with E-state index in [1.807, 2.05) is 0 Å². The maximum atomic E-state index is 12.6. The number of allylic oxidation sites excluding steroid dienone is 6. The number of aliphatic hydroxyl groups is 4. The highest BCUT2D eigenvalue weighted by Crippen LogP contribution is 2.19. The third kappa shape index (κ3) is 55.3. The Labute approximate surface area is 462 Å². The summed E-state index contributed by atoms with van der Waals surface area (Å²) in [6, 6.07) is -1.01. The molecule has 0 aliphatic carbocycles. The highest BCUT2D eigenvalue weighted by molar-refractivity contribution is 5.80. The number of aliphatic hydroxyl groups excluding tert-OH is 4. The van der Waals surface area contributed by atoms with Gasteiger partial charge in [-0.25, -0.2) is 0 Å². The van der Waals surface area contributed by atoms with E-state index in [-0.39, 0.29) is 0 Å². The summed E-state index contributed by atoms with van der Waals surface area (Å²) in [4.78, 5) is 12.6. The van der Waals surface area contributed by atoms with Crippen LogP contribution < -0.4 is 5.32 Å². The van der Waals surface area contributed by atoms with Gasteiger partial charge in [0, 0.05) is 0 Å². The average molecular weight is 1040 g/mol. The largest absolute Gasteiger partial charge is 0.394 e. The number of hydrogen-bond acceptors (Lipinski definition) is 5. The van der Waals surface area contributed by atoms with Gasteiger partial charge < -0.3 is 25.7 Å². The van der Waals surface area contributed by atoms with Crippen molar-refractivity contribution in [3.05, 3.63) is 36.5 Å². The zero-order valence-corrected chi connectivity index (χ0v) is 49.9. The van der Waals surface area contributed by atoms with E-state index in [1.54, 1.807) is 0 Å². The van der Waals surface area contributed by atoms with Gasteiger partial charge in [-0.3, -0.25) is 4.79 Å². The molecule has 0 fully saturated rings. The smallest absolute Gasteiger partial charge is 0.249 e. The molecule has 1 amide bonds. The minimum absolute atomic E-state index is 0.362. The lowest BCUT2D eigenvalue weighted by molar-refractivity contribution is -0.132. The Morgan fingerprint density at radius 1 is 0.324 bits per heavy atom. The first-order valence-corrected chi connectivity index (χ1v) is 33.4. The number of amides is 1. The molecular formula is C68H131NO5. The molecule has 6 heteroatoms. The molecule has 0 aromatic carbocycles. The van der Waals surface area contributed by atoms with E-state index < -0.39 is 36.9 Å². The van der Waals surface area contributed by atoms with E-state index in [4.69, 9.17) is 0 Å². The molecular weight excluding hydrogens is 911 g/mol. The minimum atomic E-state index is -1.29. The summed E-state index contributed by atoms with van der Waals surface area (Å²) in [6.07, 6.45) is 79.8. The van der Waals surface area contributed by atoms with Gasteiger partial charge in [0.2, 0.25) is 5.91 Å². The van der Waals surface area contributed by atoms with E-state index >= 15 is 0 Å². The van der Waals surface area contributed by atoms with Crippen LogP contribution in [0.4, 0.5) is 0 Å². The van der Waals surface area contributed by atoms with E-state index in [0.29, 0.717) is 19.3 Å². The van der Waals surface area contributed by atoms with Crippen LogP contribution >= 0.6 is 0 Å². The van der Waals surface area contributed by atoms with Crippen molar-refractivity contribution in [1.29, 1.82) is 0 Å². The van der Waals surface area contributed by atoms with Crippen molar-refractivity contribution in [2.24, 2.45) is 0 Å². The summed E-state index contributed by atoms with van der Waals surface area (Å²) < 4.78 is 0. The summed E-state index contributed by atoms with van der Waals surface area (Å²) in [6.45, 7) is 4.09. The summed E-state index contributed by atoms with van der Waals surface area (Å²) in [7, 11) is 0. The SMILES string of the molecule is CCCCCCCCCCCCCCCC/C=C/CC/C=C/CC/C=C/CCCC(O)C(O)C(CO)NC(=O)C(O)CCCCCCCCCCCCCCCCCCCCCCCCCCCCCCCCC. The Morgan fingerprint density at radius 2 is 0.568 bits per heavy atom. The maximum Gasteiger partial charge on any atom is 0.249 e. The molecule has 0 saturated carbocycles. The highest BCUT2D eigenvalue weighted by Gasteiger charge is 2.28. The molecule has 438 valence electrons. The topological polar surface area (TPSA) is 110 Å². The molecule has 6 nitrogen and oxygen atoms in total. The normalized spacial score (nSPS) is 13.8. The molecule has 5 N–H and O–H groups in total. The van der Waals surface area contributed by atoms with Gasteiger partial charge in [-0.1, -0.05) is 333 Å². The Bertz CT molecular complexity index is 1170. The van der Waals surface area contributed by atoms with E-state index in [0.717, 1.165) is 51.4 Å². The van der Waals surface area contributed by atoms with Crippen molar-refractivity contribution >= 4 is 5.91 Å². The van der Waals surface area contributed by atoms with Crippen LogP contribution in [-0.2, 0) is 4.79 Å². The molecule has 0 aliphatic heterocycles. The lowest BCUT2D eigenvalue weighted by atomic mass is 10.00. The van der Waals surface area contributed by atoms with Gasteiger partial charge in [-0.05, 0) is 64.2 Å². The van der Waals surface area contributed by atoms with Gasteiger partial charge in [0.05, 0.1) is 18.8 Å². The lowest BCUT2D eigenvalue weighted by Crippen LogP contribution is -2.53. The van der Waals surface area contributed by atoms with Crippen LogP contribution in [0.5, 0.6) is 0 Å². The first-order chi connectivity index (χ1) is 36.5. The zero-order chi connectivity index (χ0) is 53.7. The van der Waals surface area contributed by atoms with Crippen LogP contribution in [0.3, 0.4) is 0 Å². The molecule has 0 radical (unpaired) electrons. The van der Waals surface area contributed by atoms with Crippen LogP contribution in [0, 0.1) is 0 Å². The lowest BCUT2D eigenvalue weighted by Gasteiger charge is -2.27. The van der Waals surface area contributed by atoms with Gasteiger partial charge in [0.1, 0.15) is 12.2 Å². The standard InChI is InChI=1S/C68H131NO5/c1-3-5-7-9-11-13-15-17-19-21-23-25-27-29-31-32-33-34-36-38-40-42-44-46-48-50-52-54-56-58-60-62-66(72)68(74)69-64(63-70)67(73)65(71)61-59-57-55-53-51-49-47-45-43-41-39-37-35-30-28-26-24-22-20-18-16-14-12-10-8-6-4-2/h37,39,45,47,53,55,64-67,70-73H,3-36,38,40-44,46,48-52,54,56-63H2,1-2H3,(H,69,74)/b39-37+,47-45+,55-53+. The van der Waals surface area contributed by atoms with Gasteiger partial charge in [-0.2, -0.15) is 0 Å². The molecule has 0 rings (SSSR count). The molecule has 0 bridgehead atoms. The van der Waals surface area contributed by atoms with Crippen molar-refractivity contribution in [3.63, 3.8) is 0 Å². The van der Waals surface area contributed by atoms with Crippen LogP contribution in [-0.4, -0.2) is 57.3 Å². The highest BCUT2D eigenvalue weighted by atomic mass is 16.3. The molecule has 0 aromatic heterocycles. The van der Waals surface area contributed by atoms with Crippen molar-refractivity contribution in [1.82, 2.24) is 5.32 Å². The van der Waals surface area contributed by atoms with Gasteiger partial charge >= 0.3 is 0 Å². The molecule has 0 aliphatic rings. The third-order valence-electron chi connectivity index (χ3n) is 15.8. The average Bonchev–Trinajstić information content (AvgIpc) is 3.41. The van der Waals surface area contributed by atoms with Crippen molar-refractivity contribution in [2.45, 2.75) is 385 Å². The van der Waals surface area contributed by atoms with Gasteiger partial charge in [0.15, 0.2) is 0 Å². The van der Waals surface area contributed by atoms with Crippen molar-refractivity contribution in [2.75, 3.05) is 6.61 Å². The number of carbonyl (C=O) groups is 1. The van der Waals surface area contributed by atoms with E-state index in [9.17, 15) is 25.2 Å². The van der Waals surface area contributed by atoms with Crippen molar-refractivity contribution in [3.8, 4) is 0 Å². The fourth-order valence-electron chi connectivity index (χ4n) is 10.6. The summed E-state index contributed by atoms with van der Waals surface area (Å²) >= 11 is 0. The predicted octanol–water partition coefficient (Wildman–Crippen LogP) is 20.3. The van der Waals surface area contributed by atoms with Crippen LogP contribution in [0.25, 0.3) is 0 Å². The van der Waals surface area contributed by atoms with Crippen LogP contribution in [0.2, 0.25) is 0 Å². The Kier molecular flexibility index (Phi) is 61.1. The molecule has 4 atom stereocenters. The molecule has 4 unspecified atom stereocenters. The molecule has 74 heavy (non-hydrogen) atoms. The minimum Gasteiger partial charge on any atom is -0.394 e. The number of rotatable bonds is 62. The van der Waals surface area contributed by atoms with Crippen molar-refractivity contribution < 1.29 is 25.2 Å². The second kappa shape index (κ2) is 62.4. The zero-order valence-electron chi connectivity index (χ0n) is 49.9. The predicted molar refractivity (Wildman–Crippen MR) is 325 cm³/mol. The quantitative estimate of drug-likeness (QED) is 0.0308. The fourth-order valence-corrected chi connectivity index (χ4v) is 10.6. The second-order valence-electron chi connectivity index (χ2n) is 23.2. The number of nitrogens with one attached hydrogen (secondary N) is 1. The second-order valence-corrected chi connectivity index (χ2v) is 23.2. The number of unbranched alkanes of at least 4 members (excludes halogenated alkanes) is 47. The molecule has 0 heterocycles. The third-order valence-corrected chi connectivity index (χ3v) is 15.8. The summed E-state index contributed by atoms with van der Waals surface area (Å²) in [5.74, 6) is -0.593. The monoisotopic (exact) mass is 1040 g/mol. The summed E-state index contributed by atoms with van der Waals surface area (Å²) in [5, 5.41) is 44.1. The van der Waals surface area contributed by atoms with Crippen LogP contribution in [0.15, 0.2) is 36.5 Å². The Morgan fingerprint density at radius 3 is 0.851 bits per heavy atom. The molecule has 0 spiro atoms. The molecule has 0 saturated heterocycles. The van der Waals surface area contributed by atoms with E-state index in [1.165, 1.54) is 276 Å². The first-order valence-electron chi connectivity index (χ1n) is 33.4. The van der Waals surface area contributed by atoms with E-state index in [2.05, 4.69) is 55.6 Å². The maximum absolute atomic E-state index is 12.6. The number of hydrogen-bond donors (Lipinski definition) is 5. The number of carbonyl (C=O) groups excluding carboxylic acids is 1. The van der Waals surface area contributed by atoms with Gasteiger partial charge in [0.25, 0.3) is 0 Å². The van der Waals surface area contributed by atoms with Gasteiger partial charge in [-0.15, -0.1) is 0 Å². The summed E-state index contributed by atoms with van der Waals surface area (Å²) in [5.41, 5.74) is 0. The fraction of sp³-hybridized carbons (Fsp3) is 0.897. The Hall–Kier alpha value is -1.47. The van der Waals surface area contributed by atoms with Crippen LogP contribution in [0.1, 0.15) is 361 Å². The molecule has 0 aromatic rings.